The predicted molar refractivity (Wildman–Crippen MR) is 90.3 cm³/mol. The first kappa shape index (κ1) is 20.0. The maximum absolute atomic E-state index is 12.7. The SMILES string of the molecule is COC(=O)OC[C@H]1O[C@@H]2OC(C)(C)O[C@@H]2[C@H]1OS(=O)(=O)c1ccc(C)cc1. The average Bonchev–Trinajstić information content (AvgIpc) is 3.05. The molecule has 150 valence electrons. The van der Waals surface area contributed by atoms with Crippen LogP contribution in [0.2, 0.25) is 0 Å². The molecule has 0 bridgehead atoms. The summed E-state index contributed by atoms with van der Waals surface area (Å²) in [5.41, 5.74) is 0.914. The molecular weight excluding hydrogens is 380 g/mol. The van der Waals surface area contributed by atoms with Gasteiger partial charge in [-0.1, -0.05) is 17.7 Å². The van der Waals surface area contributed by atoms with E-state index >= 15 is 0 Å². The normalized spacial score (nSPS) is 29.3. The van der Waals surface area contributed by atoms with Crippen LogP contribution in [0.25, 0.3) is 0 Å². The topological polar surface area (TPSA) is 107 Å². The van der Waals surface area contributed by atoms with Crippen LogP contribution >= 0.6 is 0 Å². The van der Waals surface area contributed by atoms with Crippen molar-refractivity contribution >= 4 is 16.3 Å². The summed E-state index contributed by atoms with van der Waals surface area (Å²) in [4.78, 5) is 11.2. The second-order valence-corrected chi connectivity index (χ2v) is 8.31. The van der Waals surface area contributed by atoms with E-state index in [9.17, 15) is 13.2 Å². The number of aryl methyl sites for hydroxylation is 1. The molecule has 2 aliphatic rings. The standard InChI is InChI=1S/C17H22O9S/c1-10-5-7-11(8-6-10)27(19,20)26-13-12(9-22-16(18)21-4)23-15-14(13)24-17(2,3)25-15/h5-8,12-15H,9H2,1-4H3/t12-,13+,14-,15-/m1/s1. The Labute approximate surface area is 157 Å². The molecule has 2 fully saturated rings. The number of fused-ring (bicyclic) bond motifs is 1. The highest BCUT2D eigenvalue weighted by Gasteiger charge is 2.57. The van der Waals surface area contributed by atoms with Crippen molar-refractivity contribution in [3.8, 4) is 0 Å². The monoisotopic (exact) mass is 402 g/mol. The minimum absolute atomic E-state index is 0.00219. The van der Waals surface area contributed by atoms with Crippen molar-refractivity contribution in [1.82, 2.24) is 0 Å². The van der Waals surface area contributed by atoms with E-state index < -0.39 is 46.7 Å². The summed E-state index contributed by atoms with van der Waals surface area (Å²) in [7, 11) is -2.94. The van der Waals surface area contributed by atoms with Crippen LogP contribution in [0.1, 0.15) is 19.4 Å². The molecule has 0 amide bonds. The van der Waals surface area contributed by atoms with Gasteiger partial charge in [-0.2, -0.15) is 8.42 Å². The number of carbonyl (C=O) groups is 1. The molecule has 0 aliphatic carbocycles. The molecule has 9 nitrogen and oxygen atoms in total. The zero-order valence-electron chi connectivity index (χ0n) is 15.4. The fourth-order valence-corrected chi connectivity index (χ4v) is 4.02. The van der Waals surface area contributed by atoms with E-state index in [0.717, 1.165) is 12.7 Å². The van der Waals surface area contributed by atoms with Crippen molar-refractivity contribution in [2.45, 2.75) is 56.1 Å². The highest BCUT2D eigenvalue weighted by molar-refractivity contribution is 7.86. The average molecular weight is 402 g/mol. The number of hydrogen-bond acceptors (Lipinski definition) is 9. The zero-order chi connectivity index (χ0) is 19.8. The molecule has 1 aromatic carbocycles. The van der Waals surface area contributed by atoms with Crippen LogP contribution in [0.15, 0.2) is 29.2 Å². The van der Waals surface area contributed by atoms with Gasteiger partial charge in [0.05, 0.1) is 12.0 Å². The van der Waals surface area contributed by atoms with Gasteiger partial charge < -0.3 is 23.7 Å². The van der Waals surface area contributed by atoms with Gasteiger partial charge in [0.2, 0.25) is 0 Å². The van der Waals surface area contributed by atoms with Gasteiger partial charge in [-0.05, 0) is 32.9 Å². The fourth-order valence-electron chi connectivity index (χ4n) is 2.91. The van der Waals surface area contributed by atoms with Crippen molar-refractivity contribution in [2.24, 2.45) is 0 Å². The molecule has 0 unspecified atom stereocenters. The molecule has 10 heteroatoms. The Kier molecular flexibility index (Phi) is 5.46. The Hall–Kier alpha value is -1.72. The van der Waals surface area contributed by atoms with Crippen LogP contribution in [0.3, 0.4) is 0 Å². The maximum atomic E-state index is 12.7. The first-order valence-corrected chi connectivity index (χ1v) is 9.74. The van der Waals surface area contributed by atoms with Crippen molar-refractivity contribution in [2.75, 3.05) is 13.7 Å². The third kappa shape index (κ3) is 4.41. The molecule has 2 aliphatic heterocycles. The molecular formula is C17H22O9S. The Morgan fingerprint density at radius 1 is 1.19 bits per heavy atom. The molecule has 0 radical (unpaired) electrons. The van der Waals surface area contributed by atoms with Gasteiger partial charge in [0.1, 0.15) is 24.9 Å². The smallest absolute Gasteiger partial charge is 0.438 e. The van der Waals surface area contributed by atoms with E-state index in [-0.39, 0.29) is 11.5 Å². The van der Waals surface area contributed by atoms with E-state index in [0.29, 0.717) is 0 Å². The van der Waals surface area contributed by atoms with Gasteiger partial charge >= 0.3 is 6.16 Å². The Balaban J connectivity index is 1.80. The number of methoxy groups -OCH3 is 1. The summed E-state index contributed by atoms with van der Waals surface area (Å²) in [6.45, 7) is 4.93. The minimum Gasteiger partial charge on any atom is -0.438 e. The Morgan fingerprint density at radius 2 is 1.85 bits per heavy atom. The van der Waals surface area contributed by atoms with Gasteiger partial charge in [-0.15, -0.1) is 0 Å². The number of carbonyl (C=O) groups excluding carboxylic acids is 1. The van der Waals surface area contributed by atoms with Crippen molar-refractivity contribution in [1.29, 1.82) is 0 Å². The second-order valence-electron chi connectivity index (χ2n) is 6.74. The molecule has 2 heterocycles. The summed E-state index contributed by atoms with van der Waals surface area (Å²) in [6.07, 6.45) is -4.53. The van der Waals surface area contributed by atoms with Gasteiger partial charge in [0, 0.05) is 0 Å². The molecule has 1 aromatic rings. The van der Waals surface area contributed by atoms with Gasteiger partial charge in [-0.25, -0.2) is 4.79 Å². The Bertz CT molecular complexity index is 787. The summed E-state index contributed by atoms with van der Waals surface area (Å²) >= 11 is 0. The maximum Gasteiger partial charge on any atom is 0.508 e. The largest absolute Gasteiger partial charge is 0.508 e. The van der Waals surface area contributed by atoms with Crippen molar-refractivity contribution < 1.29 is 41.1 Å². The molecule has 0 spiro atoms. The lowest BCUT2D eigenvalue weighted by Crippen LogP contribution is -2.40. The van der Waals surface area contributed by atoms with Crippen LogP contribution in [0, 0.1) is 6.92 Å². The van der Waals surface area contributed by atoms with Crippen molar-refractivity contribution in [3.63, 3.8) is 0 Å². The van der Waals surface area contributed by atoms with E-state index in [1.165, 1.54) is 12.1 Å². The van der Waals surface area contributed by atoms with E-state index in [4.69, 9.17) is 23.1 Å². The molecule has 4 atom stereocenters. The van der Waals surface area contributed by atoms with Gasteiger partial charge in [0.25, 0.3) is 10.1 Å². The molecule has 0 saturated carbocycles. The highest BCUT2D eigenvalue weighted by atomic mass is 32.2. The number of hydrogen-bond donors (Lipinski definition) is 0. The van der Waals surface area contributed by atoms with Gasteiger partial charge in [0.15, 0.2) is 12.1 Å². The highest BCUT2D eigenvalue weighted by Crippen LogP contribution is 2.39. The minimum atomic E-state index is -4.10. The second kappa shape index (κ2) is 7.36. The molecule has 0 aromatic heterocycles. The summed E-state index contributed by atoms with van der Waals surface area (Å²) in [5.74, 6) is -0.960. The lowest BCUT2D eigenvalue weighted by Gasteiger charge is -2.25. The van der Waals surface area contributed by atoms with Crippen LogP contribution < -0.4 is 0 Å². The van der Waals surface area contributed by atoms with Crippen LogP contribution in [-0.4, -0.2) is 58.7 Å². The third-order valence-corrected chi connectivity index (χ3v) is 5.49. The summed E-state index contributed by atoms with van der Waals surface area (Å²) < 4.78 is 57.1. The first-order valence-electron chi connectivity index (χ1n) is 8.33. The predicted octanol–water partition coefficient (Wildman–Crippen LogP) is 1.73. The fraction of sp³-hybridized carbons (Fsp3) is 0.588. The van der Waals surface area contributed by atoms with Crippen LogP contribution in [0.5, 0.6) is 0 Å². The first-order chi connectivity index (χ1) is 12.6. The van der Waals surface area contributed by atoms with Gasteiger partial charge in [-0.3, -0.25) is 4.18 Å². The quantitative estimate of drug-likeness (QED) is 0.537. The van der Waals surface area contributed by atoms with E-state index in [2.05, 4.69) is 4.74 Å². The third-order valence-electron chi connectivity index (χ3n) is 4.17. The number of rotatable bonds is 5. The lowest BCUT2D eigenvalue weighted by atomic mass is 10.1. The summed E-state index contributed by atoms with van der Waals surface area (Å²) in [6, 6.07) is 6.24. The van der Waals surface area contributed by atoms with E-state index in [1.54, 1.807) is 26.0 Å². The van der Waals surface area contributed by atoms with Crippen molar-refractivity contribution in [3.05, 3.63) is 29.8 Å². The number of ether oxygens (including phenoxy) is 5. The summed E-state index contributed by atoms with van der Waals surface area (Å²) in [5, 5.41) is 0. The number of benzene rings is 1. The molecule has 3 rings (SSSR count). The van der Waals surface area contributed by atoms with E-state index in [1.807, 2.05) is 6.92 Å². The van der Waals surface area contributed by atoms with Crippen LogP contribution in [0.4, 0.5) is 4.79 Å². The molecule has 0 N–H and O–H groups in total. The van der Waals surface area contributed by atoms with Crippen LogP contribution in [-0.2, 0) is 38.0 Å². The Morgan fingerprint density at radius 3 is 2.48 bits per heavy atom. The zero-order valence-corrected chi connectivity index (χ0v) is 16.2. The lowest BCUT2D eigenvalue weighted by molar-refractivity contribution is -0.216. The molecule has 2 saturated heterocycles. The molecule has 27 heavy (non-hydrogen) atoms.